The number of furan rings is 2. The molecule has 2 bridgehead atoms. The monoisotopic (exact) mass is 454 g/mol. The second-order valence-corrected chi connectivity index (χ2v) is 8.96. The Morgan fingerprint density at radius 1 is 1.00 bits per heavy atom. The van der Waals surface area contributed by atoms with Gasteiger partial charge in [0.05, 0.1) is 13.2 Å². The fourth-order valence-electron chi connectivity index (χ4n) is 5.05. The summed E-state index contributed by atoms with van der Waals surface area (Å²) < 4.78 is 11.7. The maximum atomic E-state index is 13.0. The molecule has 6 rings (SSSR count). The summed E-state index contributed by atoms with van der Waals surface area (Å²) in [5.74, 6) is 0.361. The van der Waals surface area contributed by atoms with Gasteiger partial charge in [0.25, 0.3) is 5.91 Å². The summed E-state index contributed by atoms with van der Waals surface area (Å²) in [6, 6.07) is 14.1. The summed E-state index contributed by atoms with van der Waals surface area (Å²) in [5, 5.41) is 7.22. The van der Waals surface area contributed by atoms with Gasteiger partial charge in [0, 0.05) is 58.1 Å². The molecule has 1 amide bonds. The minimum Gasteiger partial charge on any atom is -0.455 e. The first-order chi connectivity index (χ1) is 16.5. The number of morpholine rings is 1. The Morgan fingerprint density at radius 3 is 2.44 bits per heavy atom. The zero-order chi connectivity index (χ0) is 23.4. The van der Waals surface area contributed by atoms with Crippen LogP contribution in [0.15, 0.2) is 46.9 Å². The standard InChI is InChI=1S/C27H26N4O3/c1-15-11-24(28)30-16(2)23(15)14-29-27(32)17-3-5-19-21(12-17)25-20-6-4-18(13-22(20)26(19)34-25)31-7-9-33-10-8-31/h3-6,11-13H,7-10,14H2,1-2H3,(H2,28,30)(H,29,32). The highest BCUT2D eigenvalue weighted by Gasteiger charge is 2.21. The minimum absolute atomic E-state index is 0.130. The number of carbonyl (C=O) groups is 1. The molecule has 0 aliphatic carbocycles. The molecule has 4 heterocycles. The highest BCUT2D eigenvalue weighted by Crippen LogP contribution is 2.42. The third-order valence-electron chi connectivity index (χ3n) is 6.84. The molecule has 0 unspecified atom stereocenters. The molecule has 3 N–H and O–H groups in total. The fraction of sp³-hybridized carbons (Fsp3) is 0.259. The van der Waals surface area contributed by atoms with Gasteiger partial charge in [-0.15, -0.1) is 0 Å². The van der Waals surface area contributed by atoms with Crippen molar-refractivity contribution in [2.45, 2.75) is 20.4 Å². The summed E-state index contributed by atoms with van der Waals surface area (Å²) in [6.07, 6.45) is 0. The van der Waals surface area contributed by atoms with Gasteiger partial charge in [-0.3, -0.25) is 4.79 Å². The SMILES string of the molecule is Cc1cc(N)nc(C)c1CNC(=O)c1ccc2c(c1)c1oc2c2cc(N3CCOCC3)ccc21. The van der Waals surface area contributed by atoms with Gasteiger partial charge < -0.3 is 25.1 Å². The van der Waals surface area contributed by atoms with Gasteiger partial charge in [-0.1, -0.05) is 0 Å². The van der Waals surface area contributed by atoms with Crippen molar-refractivity contribution in [3.8, 4) is 0 Å². The maximum absolute atomic E-state index is 13.0. The predicted molar refractivity (Wildman–Crippen MR) is 135 cm³/mol. The largest absolute Gasteiger partial charge is 0.455 e. The Hall–Kier alpha value is -3.84. The van der Waals surface area contributed by atoms with E-state index in [1.54, 1.807) is 0 Å². The number of ether oxygens (including phenoxy) is 1. The molecular weight excluding hydrogens is 428 g/mol. The van der Waals surface area contributed by atoms with Crippen LogP contribution in [-0.2, 0) is 11.3 Å². The molecule has 1 aliphatic rings. The van der Waals surface area contributed by atoms with Gasteiger partial charge >= 0.3 is 0 Å². The van der Waals surface area contributed by atoms with E-state index in [9.17, 15) is 4.79 Å². The number of hydrogen-bond acceptors (Lipinski definition) is 6. The lowest BCUT2D eigenvalue weighted by Gasteiger charge is -2.28. The molecule has 7 nitrogen and oxygen atoms in total. The van der Waals surface area contributed by atoms with Crippen LogP contribution in [-0.4, -0.2) is 37.2 Å². The van der Waals surface area contributed by atoms with Crippen molar-refractivity contribution in [2.75, 3.05) is 36.9 Å². The van der Waals surface area contributed by atoms with Crippen LogP contribution in [0.25, 0.3) is 32.7 Å². The quantitative estimate of drug-likeness (QED) is 0.387. The van der Waals surface area contributed by atoms with Crippen molar-refractivity contribution < 1.29 is 13.9 Å². The first kappa shape index (κ1) is 20.7. The van der Waals surface area contributed by atoms with Crippen LogP contribution in [0.4, 0.5) is 11.5 Å². The number of rotatable bonds is 4. The van der Waals surface area contributed by atoms with Gasteiger partial charge in [-0.05, 0) is 67.4 Å². The van der Waals surface area contributed by atoms with E-state index < -0.39 is 0 Å². The minimum atomic E-state index is -0.130. The zero-order valence-corrected chi connectivity index (χ0v) is 19.3. The van der Waals surface area contributed by atoms with Crippen molar-refractivity contribution in [1.29, 1.82) is 0 Å². The lowest BCUT2D eigenvalue weighted by molar-refractivity contribution is 0.0951. The average molecular weight is 455 g/mol. The number of amides is 1. The molecule has 0 spiro atoms. The molecule has 3 aromatic heterocycles. The Bertz CT molecular complexity index is 1530. The van der Waals surface area contributed by atoms with Crippen LogP contribution in [0.2, 0.25) is 0 Å². The van der Waals surface area contributed by atoms with Crippen molar-refractivity contribution in [3.63, 3.8) is 0 Å². The van der Waals surface area contributed by atoms with E-state index in [2.05, 4.69) is 33.4 Å². The lowest BCUT2D eigenvalue weighted by atomic mass is 10.0. The number of hydrogen-bond donors (Lipinski definition) is 2. The third-order valence-corrected chi connectivity index (χ3v) is 6.84. The number of nitrogens with two attached hydrogens (primary N) is 1. The number of nitrogen functional groups attached to an aromatic ring is 1. The number of aryl methyl sites for hydroxylation is 2. The molecule has 0 atom stereocenters. The summed E-state index contributed by atoms with van der Waals surface area (Å²) in [7, 11) is 0. The topological polar surface area (TPSA) is 93.6 Å². The summed E-state index contributed by atoms with van der Waals surface area (Å²) in [4.78, 5) is 19.6. The van der Waals surface area contributed by atoms with E-state index >= 15 is 0 Å². The Morgan fingerprint density at radius 2 is 1.71 bits per heavy atom. The van der Waals surface area contributed by atoms with Crippen molar-refractivity contribution >= 4 is 50.1 Å². The van der Waals surface area contributed by atoms with Crippen LogP contribution in [0.5, 0.6) is 0 Å². The number of aromatic nitrogens is 1. The van der Waals surface area contributed by atoms with Gasteiger partial charge in [0.15, 0.2) is 0 Å². The molecule has 1 aliphatic heterocycles. The molecule has 2 aromatic carbocycles. The molecular formula is C27H26N4O3. The number of nitrogens with one attached hydrogen (secondary N) is 1. The summed E-state index contributed by atoms with van der Waals surface area (Å²) in [5.41, 5.74) is 12.2. The van der Waals surface area contributed by atoms with E-state index in [0.29, 0.717) is 17.9 Å². The molecule has 0 saturated carbocycles. The Kier molecular flexibility index (Phi) is 4.81. The number of pyridine rings is 1. The van der Waals surface area contributed by atoms with E-state index in [-0.39, 0.29) is 5.91 Å². The van der Waals surface area contributed by atoms with E-state index in [4.69, 9.17) is 14.9 Å². The van der Waals surface area contributed by atoms with Crippen LogP contribution < -0.4 is 16.0 Å². The van der Waals surface area contributed by atoms with Crippen molar-refractivity contribution in [1.82, 2.24) is 10.3 Å². The van der Waals surface area contributed by atoms with E-state index in [1.165, 1.54) is 5.69 Å². The van der Waals surface area contributed by atoms with Gasteiger partial charge in [0.2, 0.25) is 0 Å². The third kappa shape index (κ3) is 3.31. The second-order valence-electron chi connectivity index (χ2n) is 8.96. The molecule has 1 saturated heterocycles. The van der Waals surface area contributed by atoms with Gasteiger partial charge in [-0.25, -0.2) is 4.98 Å². The molecule has 34 heavy (non-hydrogen) atoms. The summed E-state index contributed by atoms with van der Waals surface area (Å²) >= 11 is 0. The molecule has 5 aromatic rings. The van der Waals surface area contributed by atoms with Crippen LogP contribution >= 0.6 is 0 Å². The smallest absolute Gasteiger partial charge is 0.251 e. The second kappa shape index (κ2) is 7.88. The molecule has 0 radical (unpaired) electrons. The van der Waals surface area contributed by atoms with Crippen LogP contribution in [0.3, 0.4) is 0 Å². The average Bonchev–Trinajstić information content (AvgIpc) is 3.40. The van der Waals surface area contributed by atoms with Crippen molar-refractivity contribution in [2.24, 2.45) is 0 Å². The number of benzene rings is 3. The first-order valence-corrected chi connectivity index (χ1v) is 11.5. The van der Waals surface area contributed by atoms with E-state index in [1.807, 2.05) is 38.1 Å². The maximum Gasteiger partial charge on any atom is 0.251 e. The summed E-state index contributed by atoms with van der Waals surface area (Å²) in [6.45, 7) is 7.58. The van der Waals surface area contributed by atoms with Crippen molar-refractivity contribution in [3.05, 3.63) is 64.8 Å². The van der Waals surface area contributed by atoms with E-state index in [0.717, 1.165) is 75.8 Å². The van der Waals surface area contributed by atoms with Crippen LogP contribution in [0, 0.1) is 13.8 Å². The number of nitrogens with zero attached hydrogens (tertiary/aromatic N) is 2. The van der Waals surface area contributed by atoms with Gasteiger partial charge in [0.1, 0.15) is 17.0 Å². The molecule has 172 valence electrons. The zero-order valence-electron chi connectivity index (χ0n) is 19.3. The van der Waals surface area contributed by atoms with Gasteiger partial charge in [-0.2, -0.15) is 0 Å². The Labute approximate surface area is 196 Å². The Balaban J connectivity index is 1.30. The number of carbonyl (C=O) groups excluding carboxylic acids is 1. The number of anilines is 2. The molecule has 1 fully saturated rings. The highest BCUT2D eigenvalue weighted by atomic mass is 16.5. The van der Waals surface area contributed by atoms with Crippen LogP contribution in [0.1, 0.15) is 27.2 Å². The number of fused-ring (bicyclic) bond motifs is 8. The molecule has 7 heteroatoms. The predicted octanol–water partition coefficient (Wildman–Crippen LogP) is 4.54. The first-order valence-electron chi connectivity index (χ1n) is 11.5. The highest BCUT2D eigenvalue weighted by molar-refractivity contribution is 6.26. The lowest BCUT2D eigenvalue weighted by Crippen LogP contribution is -2.36. The fourth-order valence-corrected chi connectivity index (χ4v) is 5.05. The normalized spacial score (nSPS) is 14.5.